The Kier molecular flexibility index (Phi) is 4.04. The molecule has 1 atom stereocenters. The Labute approximate surface area is 115 Å². The van der Waals surface area contributed by atoms with Crippen LogP contribution in [0.15, 0.2) is 18.2 Å². The third-order valence-electron chi connectivity index (χ3n) is 4.30. The zero-order chi connectivity index (χ0) is 13.1. The first-order valence-electron chi connectivity index (χ1n) is 7.57. The van der Waals surface area contributed by atoms with Gasteiger partial charge in [0.2, 0.25) is 0 Å². The van der Waals surface area contributed by atoms with Crippen LogP contribution in [0.3, 0.4) is 0 Å². The first-order valence-corrected chi connectivity index (χ1v) is 7.57. The van der Waals surface area contributed by atoms with Crippen LogP contribution >= 0.6 is 0 Å². The number of piperidine rings is 1. The van der Waals surface area contributed by atoms with Gasteiger partial charge in [-0.3, -0.25) is 4.90 Å². The predicted molar refractivity (Wildman–Crippen MR) is 77.6 cm³/mol. The fraction of sp³-hybridized carbons (Fsp3) is 0.625. The van der Waals surface area contributed by atoms with Crippen molar-refractivity contribution in [1.29, 1.82) is 0 Å². The van der Waals surface area contributed by atoms with E-state index in [9.17, 15) is 0 Å². The molecule has 3 nitrogen and oxygen atoms in total. The van der Waals surface area contributed by atoms with Gasteiger partial charge < -0.3 is 10.1 Å². The van der Waals surface area contributed by atoms with Crippen LogP contribution in [0.25, 0.3) is 0 Å². The molecule has 1 N–H and O–H groups in total. The second-order valence-corrected chi connectivity index (χ2v) is 5.60. The van der Waals surface area contributed by atoms with Crippen molar-refractivity contribution in [2.75, 3.05) is 26.2 Å². The SMILES string of the molecule is CCN1CCCC(Oc2cccc3c2CCNC3)C1. The fourth-order valence-corrected chi connectivity index (χ4v) is 3.18. The molecule has 1 fully saturated rings. The molecule has 1 unspecified atom stereocenters. The summed E-state index contributed by atoms with van der Waals surface area (Å²) in [5, 5.41) is 3.42. The van der Waals surface area contributed by atoms with Crippen molar-refractivity contribution in [1.82, 2.24) is 10.2 Å². The Hall–Kier alpha value is -1.06. The number of rotatable bonds is 3. The van der Waals surface area contributed by atoms with Crippen LogP contribution < -0.4 is 10.1 Å². The van der Waals surface area contributed by atoms with E-state index < -0.39 is 0 Å². The minimum absolute atomic E-state index is 0.370. The maximum Gasteiger partial charge on any atom is 0.123 e. The predicted octanol–water partition coefficient (Wildman–Crippen LogP) is 2.20. The van der Waals surface area contributed by atoms with Crippen LogP contribution in [0.2, 0.25) is 0 Å². The molecule has 0 spiro atoms. The average molecular weight is 260 g/mol. The van der Waals surface area contributed by atoms with Gasteiger partial charge in [0.05, 0.1) is 0 Å². The highest BCUT2D eigenvalue weighted by Crippen LogP contribution is 2.27. The van der Waals surface area contributed by atoms with Crippen LogP contribution in [0, 0.1) is 0 Å². The molecular weight excluding hydrogens is 236 g/mol. The molecule has 0 aromatic heterocycles. The third-order valence-corrected chi connectivity index (χ3v) is 4.30. The van der Waals surface area contributed by atoms with E-state index in [1.54, 1.807) is 0 Å². The van der Waals surface area contributed by atoms with Crippen LogP contribution in [0.4, 0.5) is 0 Å². The van der Waals surface area contributed by atoms with Gasteiger partial charge in [0.1, 0.15) is 11.9 Å². The molecule has 2 aliphatic rings. The normalized spacial score (nSPS) is 23.9. The highest BCUT2D eigenvalue weighted by Gasteiger charge is 2.22. The molecule has 2 heterocycles. The summed E-state index contributed by atoms with van der Waals surface area (Å²) in [4.78, 5) is 2.49. The largest absolute Gasteiger partial charge is 0.489 e. The van der Waals surface area contributed by atoms with Gasteiger partial charge in [0.25, 0.3) is 0 Å². The molecule has 0 saturated carbocycles. The van der Waals surface area contributed by atoms with Crippen molar-refractivity contribution in [3.05, 3.63) is 29.3 Å². The number of nitrogens with one attached hydrogen (secondary N) is 1. The molecule has 1 aromatic rings. The lowest BCUT2D eigenvalue weighted by molar-refractivity contribution is 0.0910. The van der Waals surface area contributed by atoms with E-state index in [4.69, 9.17) is 4.74 Å². The highest BCUT2D eigenvalue weighted by molar-refractivity contribution is 5.41. The van der Waals surface area contributed by atoms with E-state index in [-0.39, 0.29) is 0 Å². The Bertz CT molecular complexity index is 433. The third kappa shape index (κ3) is 2.93. The van der Waals surface area contributed by atoms with Gasteiger partial charge in [-0.05, 0) is 56.1 Å². The molecule has 0 bridgehead atoms. The summed E-state index contributed by atoms with van der Waals surface area (Å²) in [6, 6.07) is 6.49. The van der Waals surface area contributed by atoms with Crippen molar-refractivity contribution < 1.29 is 4.74 Å². The van der Waals surface area contributed by atoms with E-state index in [1.807, 2.05) is 0 Å². The molecule has 2 aliphatic heterocycles. The van der Waals surface area contributed by atoms with Crippen LogP contribution in [0.1, 0.15) is 30.9 Å². The average Bonchev–Trinajstić information content (AvgIpc) is 2.48. The minimum Gasteiger partial charge on any atom is -0.489 e. The van der Waals surface area contributed by atoms with Crippen molar-refractivity contribution in [2.45, 2.75) is 38.8 Å². The molecule has 104 valence electrons. The smallest absolute Gasteiger partial charge is 0.123 e. The van der Waals surface area contributed by atoms with Crippen molar-refractivity contribution >= 4 is 0 Å². The van der Waals surface area contributed by atoms with Crippen molar-refractivity contribution in [2.24, 2.45) is 0 Å². The lowest BCUT2D eigenvalue weighted by Gasteiger charge is -2.33. The van der Waals surface area contributed by atoms with E-state index in [0.29, 0.717) is 6.10 Å². The maximum atomic E-state index is 6.32. The van der Waals surface area contributed by atoms with Gasteiger partial charge in [0.15, 0.2) is 0 Å². The summed E-state index contributed by atoms with van der Waals surface area (Å²) in [6.45, 7) is 7.73. The lowest BCUT2D eigenvalue weighted by Crippen LogP contribution is -2.41. The molecule has 0 amide bonds. The maximum absolute atomic E-state index is 6.32. The molecule has 1 saturated heterocycles. The zero-order valence-corrected chi connectivity index (χ0v) is 11.8. The highest BCUT2D eigenvalue weighted by atomic mass is 16.5. The molecule has 3 rings (SSSR count). The fourth-order valence-electron chi connectivity index (χ4n) is 3.18. The van der Waals surface area contributed by atoms with Crippen LogP contribution in [-0.2, 0) is 13.0 Å². The summed E-state index contributed by atoms with van der Waals surface area (Å²) in [7, 11) is 0. The van der Waals surface area contributed by atoms with Gasteiger partial charge in [-0.15, -0.1) is 0 Å². The molecule has 0 aliphatic carbocycles. The van der Waals surface area contributed by atoms with Crippen molar-refractivity contribution in [3.63, 3.8) is 0 Å². The molecule has 19 heavy (non-hydrogen) atoms. The Balaban J connectivity index is 1.72. The second kappa shape index (κ2) is 5.93. The number of nitrogens with zero attached hydrogens (tertiary/aromatic N) is 1. The standard InChI is InChI=1S/C16H24N2O/c1-2-18-10-4-6-14(12-18)19-16-7-3-5-13-11-17-9-8-15(13)16/h3,5,7,14,17H,2,4,6,8-12H2,1H3. The Morgan fingerprint density at radius 1 is 1.42 bits per heavy atom. The minimum atomic E-state index is 0.370. The van der Waals surface area contributed by atoms with E-state index >= 15 is 0 Å². The van der Waals surface area contributed by atoms with Gasteiger partial charge >= 0.3 is 0 Å². The zero-order valence-electron chi connectivity index (χ0n) is 11.8. The Morgan fingerprint density at radius 3 is 3.26 bits per heavy atom. The number of likely N-dealkylation sites (tertiary alicyclic amines) is 1. The molecule has 0 radical (unpaired) electrons. The number of benzene rings is 1. The first-order chi connectivity index (χ1) is 9.36. The van der Waals surface area contributed by atoms with Gasteiger partial charge in [0, 0.05) is 13.1 Å². The summed E-state index contributed by atoms with van der Waals surface area (Å²) in [5.41, 5.74) is 2.83. The summed E-state index contributed by atoms with van der Waals surface area (Å²) in [6.07, 6.45) is 3.92. The molecule has 3 heteroatoms. The quantitative estimate of drug-likeness (QED) is 0.901. The van der Waals surface area contributed by atoms with Crippen molar-refractivity contribution in [3.8, 4) is 5.75 Å². The molecule has 1 aromatic carbocycles. The summed E-state index contributed by atoms with van der Waals surface area (Å²) >= 11 is 0. The summed E-state index contributed by atoms with van der Waals surface area (Å²) < 4.78 is 6.32. The Morgan fingerprint density at radius 2 is 2.37 bits per heavy atom. The van der Waals surface area contributed by atoms with E-state index in [0.717, 1.165) is 38.3 Å². The number of likely N-dealkylation sites (N-methyl/N-ethyl adjacent to an activating group) is 1. The van der Waals surface area contributed by atoms with E-state index in [2.05, 4.69) is 35.3 Å². The van der Waals surface area contributed by atoms with Gasteiger partial charge in [-0.1, -0.05) is 19.1 Å². The van der Waals surface area contributed by atoms with Crippen LogP contribution in [-0.4, -0.2) is 37.2 Å². The molecular formula is C16H24N2O. The number of ether oxygens (including phenoxy) is 1. The van der Waals surface area contributed by atoms with Gasteiger partial charge in [-0.2, -0.15) is 0 Å². The first kappa shape index (κ1) is 12.9. The summed E-state index contributed by atoms with van der Waals surface area (Å²) in [5.74, 6) is 1.13. The number of fused-ring (bicyclic) bond motifs is 1. The van der Waals surface area contributed by atoms with Gasteiger partial charge in [-0.25, -0.2) is 0 Å². The lowest BCUT2D eigenvalue weighted by atomic mass is 10.00. The van der Waals surface area contributed by atoms with Crippen LogP contribution in [0.5, 0.6) is 5.75 Å². The van der Waals surface area contributed by atoms with E-state index in [1.165, 1.54) is 30.5 Å². The monoisotopic (exact) mass is 260 g/mol. The number of hydrogen-bond acceptors (Lipinski definition) is 3. The topological polar surface area (TPSA) is 24.5 Å². The second-order valence-electron chi connectivity index (χ2n) is 5.60. The number of hydrogen-bond donors (Lipinski definition) is 1.